The summed E-state index contributed by atoms with van der Waals surface area (Å²) in [4.78, 5) is 21.5. The van der Waals surface area contributed by atoms with Crippen LogP contribution in [-0.2, 0) is 34.0 Å². The number of alkyl halides is 3. The molecular formula is C26H31F3N8O4S. The topological polar surface area (TPSA) is 158 Å². The van der Waals surface area contributed by atoms with Crippen LogP contribution in [0.5, 0.6) is 0 Å². The number of fused-ring (bicyclic) bond motifs is 4. The Kier molecular flexibility index (Phi) is 10.2. The second kappa shape index (κ2) is 13.8. The van der Waals surface area contributed by atoms with Crippen molar-refractivity contribution in [1.82, 2.24) is 25.3 Å². The van der Waals surface area contributed by atoms with E-state index in [2.05, 4.69) is 41.3 Å². The molecule has 0 spiro atoms. The van der Waals surface area contributed by atoms with E-state index in [1.54, 1.807) is 12.1 Å². The van der Waals surface area contributed by atoms with Crippen LogP contribution in [0, 0.1) is 0 Å². The molecule has 0 unspecified atom stereocenters. The summed E-state index contributed by atoms with van der Waals surface area (Å²) in [6, 6.07) is 8.84. The average Bonchev–Trinajstić information content (AvgIpc) is 2.94. The van der Waals surface area contributed by atoms with Gasteiger partial charge >= 0.3 is 12.2 Å². The number of methoxy groups -OCH3 is 1. The monoisotopic (exact) mass is 608 g/mol. The van der Waals surface area contributed by atoms with Gasteiger partial charge in [0, 0.05) is 63.0 Å². The molecule has 1 aliphatic heterocycles. The number of nitrogens with zero attached hydrogens (tertiary/aromatic N) is 2. The first-order valence-electron chi connectivity index (χ1n) is 13.0. The lowest BCUT2D eigenvalue weighted by molar-refractivity contribution is -0.137. The van der Waals surface area contributed by atoms with Gasteiger partial charge in [0.1, 0.15) is 5.82 Å². The van der Waals surface area contributed by atoms with E-state index in [1.165, 1.54) is 31.5 Å². The third-order valence-electron chi connectivity index (χ3n) is 6.03. The summed E-state index contributed by atoms with van der Waals surface area (Å²) in [6.45, 7) is 1.51. The molecule has 6 N–H and O–H groups in total. The van der Waals surface area contributed by atoms with E-state index >= 15 is 0 Å². The average molecular weight is 609 g/mol. The van der Waals surface area contributed by atoms with Crippen molar-refractivity contribution in [2.75, 3.05) is 49.3 Å². The number of nitrogens with one attached hydrogen (secondary N) is 6. The molecule has 0 saturated carbocycles. The van der Waals surface area contributed by atoms with Gasteiger partial charge in [-0.2, -0.15) is 18.2 Å². The van der Waals surface area contributed by atoms with Gasteiger partial charge in [0.15, 0.2) is 0 Å². The van der Waals surface area contributed by atoms with E-state index < -0.39 is 27.8 Å². The number of sulfonamides is 1. The highest BCUT2D eigenvalue weighted by molar-refractivity contribution is 7.89. The minimum Gasteiger partial charge on any atom is -0.383 e. The largest absolute Gasteiger partial charge is 0.416 e. The molecule has 12 nitrogen and oxygen atoms in total. The number of hydrogen-bond donors (Lipinski definition) is 6. The van der Waals surface area contributed by atoms with Crippen LogP contribution in [-0.4, -0.2) is 57.8 Å². The lowest BCUT2D eigenvalue weighted by Crippen LogP contribution is -2.29. The number of benzene rings is 2. The van der Waals surface area contributed by atoms with E-state index in [1.807, 2.05) is 0 Å². The summed E-state index contributed by atoms with van der Waals surface area (Å²) in [7, 11) is -2.17. The fourth-order valence-corrected chi connectivity index (χ4v) is 5.11. The third-order valence-corrected chi connectivity index (χ3v) is 7.49. The van der Waals surface area contributed by atoms with Crippen LogP contribution in [0.3, 0.4) is 0 Å². The van der Waals surface area contributed by atoms with Crippen LogP contribution in [0.15, 0.2) is 53.6 Å². The van der Waals surface area contributed by atoms with Crippen molar-refractivity contribution >= 4 is 39.2 Å². The van der Waals surface area contributed by atoms with E-state index in [-0.39, 0.29) is 36.2 Å². The lowest BCUT2D eigenvalue weighted by Gasteiger charge is -2.15. The van der Waals surface area contributed by atoms with Crippen molar-refractivity contribution < 1.29 is 31.1 Å². The molecule has 1 aromatic heterocycles. The maximum absolute atomic E-state index is 13.5. The molecule has 0 atom stereocenters. The van der Waals surface area contributed by atoms with Gasteiger partial charge in [0.25, 0.3) is 0 Å². The zero-order valence-electron chi connectivity index (χ0n) is 22.6. The van der Waals surface area contributed by atoms with Crippen LogP contribution in [0.25, 0.3) is 0 Å². The summed E-state index contributed by atoms with van der Waals surface area (Å²) in [6.07, 6.45) is -2.66. The number of amides is 2. The SMILES string of the molecule is COCCNCc1cc(NC(=O)NCc2cnc3nc2NCCCNS(=O)(=O)c2cccc(c2)N3)cc(C(F)(F)F)c1. The van der Waals surface area contributed by atoms with Crippen molar-refractivity contribution in [2.24, 2.45) is 0 Å². The number of urea groups is 1. The van der Waals surface area contributed by atoms with Gasteiger partial charge in [-0.1, -0.05) is 6.07 Å². The van der Waals surface area contributed by atoms with Crippen molar-refractivity contribution in [1.29, 1.82) is 0 Å². The molecule has 4 bridgehead atoms. The van der Waals surface area contributed by atoms with Gasteiger partial charge in [-0.3, -0.25) is 0 Å². The number of anilines is 4. The van der Waals surface area contributed by atoms with Gasteiger partial charge in [-0.05, 0) is 48.4 Å². The molecule has 0 aliphatic carbocycles. The highest BCUT2D eigenvalue weighted by Crippen LogP contribution is 2.32. The summed E-state index contributed by atoms with van der Waals surface area (Å²) in [5.41, 5.74) is 0.407. The minimum absolute atomic E-state index is 0.0183. The predicted octanol–water partition coefficient (Wildman–Crippen LogP) is 3.39. The van der Waals surface area contributed by atoms with Crippen molar-refractivity contribution in [3.05, 3.63) is 65.4 Å². The van der Waals surface area contributed by atoms with Crippen LogP contribution in [0.1, 0.15) is 23.1 Å². The molecule has 4 rings (SSSR count). The molecule has 3 aromatic rings. The van der Waals surface area contributed by atoms with Crippen LogP contribution < -0.4 is 31.3 Å². The molecule has 2 amide bonds. The first kappa shape index (κ1) is 31.0. The summed E-state index contributed by atoms with van der Waals surface area (Å²) in [5, 5.41) is 14.2. The lowest BCUT2D eigenvalue weighted by atomic mass is 10.1. The molecule has 42 heavy (non-hydrogen) atoms. The predicted molar refractivity (Wildman–Crippen MR) is 151 cm³/mol. The molecule has 16 heteroatoms. The number of carbonyl (C=O) groups excluding carboxylic acids is 1. The Labute approximate surface area is 240 Å². The van der Waals surface area contributed by atoms with Crippen LogP contribution >= 0.6 is 0 Å². The maximum atomic E-state index is 13.5. The Morgan fingerprint density at radius 2 is 1.95 bits per heavy atom. The molecule has 2 aromatic carbocycles. The quantitative estimate of drug-likeness (QED) is 0.211. The number of rotatable bonds is 8. The maximum Gasteiger partial charge on any atom is 0.416 e. The van der Waals surface area contributed by atoms with Gasteiger partial charge in [-0.25, -0.2) is 22.9 Å². The number of ether oxygens (including phenoxy) is 1. The van der Waals surface area contributed by atoms with E-state index in [0.717, 1.165) is 12.1 Å². The Balaban J connectivity index is 1.46. The Hall–Kier alpha value is -3.99. The Bertz CT molecular complexity index is 1510. The van der Waals surface area contributed by atoms with Crippen LogP contribution in [0.4, 0.5) is 41.1 Å². The van der Waals surface area contributed by atoms with Gasteiger partial charge in [-0.15, -0.1) is 0 Å². The molecule has 0 radical (unpaired) electrons. The summed E-state index contributed by atoms with van der Waals surface area (Å²) >= 11 is 0. The molecular weight excluding hydrogens is 577 g/mol. The van der Waals surface area contributed by atoms with E-state index in [4.69, 9.17) is 4.74 Å². The first-order valence-corrected chi connectivity index (χ1v) is 14.4. The fraction of sp³-hybridized carbons (Fsp3) is 0.346. The van der Waals surface area contributed by atoms with Crippen molar-refractivity contribution in [2.45, 2.75) is 30.6 Å². The van der Waals surface area contributed by atoms with Crippen LogP contribution in [0.2, 0.25) is 0 Å². The molecule has 226 valence electrons. The Morgan fingerprint density at radius 1 is 1.12 bits per heavy atom. The van der Waals surface area contributed by atoms with Crippen molar-refractivity contribution in [3.63, 3.8) is 0 Å². The molecule has 2 heterocycles. The van der Waals surface area contributed by atoms with E-state index in [0.29, 0.717) is 48.7 Å². The van der Waals surface area contributed by atoms with Crippen molar-refractivity contribution in [3.8, 4) is 0 Å². The smallest absolute Gasteiger partial charge is 0.383 e. The standard InChI is InChI=1S/C26H31F3N8O4S/c1-41-9-8-30-14-17-10-19(26(27,28)29)12-21(11-17)36-25(38)33-16-18-15-32-24-35-20-4-2-5-22(13-20)42(39,40)34-7-3-6-31-23(18)37-24/h2,4-5,10-13,15,30,34H,3,6-9,14,16H2,1H3,(H2,33,36,38)(H2,31,32,35,37). The first-order chi connectivity index (χ1) is 20.0. The Morgan fingerprint density at radius 3 is 2.74 bits per heavy atom. The van der Waals surface area contributed by atoms with Gasteiger partial charge < -0.3 is 31.3 Å². The van der Waals surface area contributed by atoms with Gasteiger partial charge in [0.2, 0.25) is 16.0 Å². The number of carbonyl (C=O) groups is 1. The number of hydrogen-bond acceptors (Lipinski definition) is 9. The second-order valence-corrected chi connectivity index (χ2v) is 11.1. The van der Waals surface area contributed by atoms with E-state index in [9.17, 15) is 26.4 Å². The number of aromatic nitrogens is 2. The second-order valence-electron chi connectivity index (χ2n) is 9.29. The zero-order valence-corrected chi connectivity index (χ0v) is 23.5. The molecule has 1 aliphatic rings. The summed E-state index contributed by atoms with van der Waals surface area (Å²) in [5.74, 6) is 0.595. The third kappa shape index (κ3) is 8.75. The minimum atomic E-state index is -4.59. The highest BCUT2D eigenvalue weighted by atomic mass is 32.2. The fourth-order valence-electron chi connectivity index (χ4n) is 3.99. The number of halogens is 3. The zero-order chi connectivity index (χ0) is 30.2. The molecule has 0 fully saturated rings. The molecule has 0 saturated heterocycles. The normalized spacial score (nSPS) is 14.8. The summed E-state index contributed by atoms with van der Waals surface area (Å²) < 4.78 is 73.0. The van der Waals surface area contributed by atoms with Gasteiger partial charge in [0.05, 0.1) is 17.1 Å². The highest BCUT2D eigenvalue weighted by Gasteiger charge is 2.31.